The molecule has 0 atom stereocenters. The first-order valence-corrected chi connectivity index (χ1v) is 10.3. The first-order chi connectivity index (χ1) is 13.0. The average Bonchev–Trinajstić information content (AvgIpc) is 3.22. The fraction of sp³-hybridized carbons (Fsp3) is 0.368. The molecule has 0 saturated carbocycles. The van der Waals surface area contributed by atoms with E-state index in [1.807, 2.05) is 0 Å². The fourth-order valence-electron chi connectivity index (χ4n) is 3.10. The summed E-state index contributed by atoms with van der Waals surface area (Å²) >= 11 is 0. The van der Waals surface area contributed by atoms with Crippen molar-refractivity contribution < 1.29 is 17.9 Å². The number of sulfonamides is 1. The monoisotopic (exact) mass is 389 g/mol. The molecular weight excluding hydrogens is 366 g/mol. The minimum absolute atomic E-state index is 0.169. The number of carbonyl (C=O) groups excluding carboxylic acids is 1. The lowest BCUT2D eigenvalue weighted by Gasteiger charge is -2.17. The van der Waals surface area contributed by atoms with Crippen molar-refractivity contribution >= 4 is 21.6 Å². The summed E-state index contributed by atoms with van der Waals surface area (Å²) in [6.07, 6.45) is 5.55. The molecule has 1 aromatic carbocycles. The minimum Gasteiger partial charge on any atom is -0.496 e. The molecule has 0 radical (unpaired) electrons. The van der Waals surface area contributed by atoms with Crippen LogP contribution in [0.5, 0.6) is 5.75 Å². The number of nitrogens with zero attached hydrogens (tertiary/aromatic N) is 2. The van der Waals surface area contributed by atoms with Gasteiger partial charge in [0.2, 0.25) is 15.9 Å². The number of hydrogen-bond acceptors (Lipinski definition) is 5. The van der Waals surface area contributed by atoms with Gasteiger partial charge in [-0.25, -0.2) is 8.42 Å². The smallest absolute Gasteiger partial charge is 0.243 e. The molecule has 8 heteroatoms. The molecule has 0 bridgehead atoms. The van der Waals surface area contributed by atoms with E-state index < -0.39 is 10.0 Å². The first-order valence-electron chi connectivity index (χ1n) is 8.87. The van der Waals surface area contributed by atoms with E-state index in [2.05, 4.69) is 10.3 Å². The number of benzene rings is 1. The fourth-order valence-corrected chi connectivity index (χ4v) is 4.66. The van der Waals surface area contributed by atoms with Gasteiger partial charge in [-0.2, -0.15) is 4.31 Å². The van der Waals surface area contributed by atoms with Gasteiger partial charge in [0.25, 0.3) is 0 Å². The molecule has 0 unspecified atom stereocenters. The highest BCUT2D eigenvalue weighted by atomic mass is 32.2. The Morgan fingerprint density at radius 2 is 2.04 bits per heavy atom. The third-order valence-electron chi connectivity index (χ3n) is 4.52. The molecule has 1 aliphatic rings. The molecule has 1 saturated heterocycles. The number of aromatic nitrogens is 1. The molecule has 27 heavy (non-hydrogen) atoms. The maximum Gasteiger partial charge on any atom is 0.243 e. The Morgan fingerprint density at radius 1 is 1.26 bits per heavy atom. The third-order valence-corrected chi connectivity index (χ3v) is 6.42. The van der Waals surface area contributed by atoms with Gasteiger partial charge in [-0.15, -0.1) is 0 Å². The summed E-state index contributed by atoms with van der Waals surface area (Å²) in [4.78, 5) is 16.4. The number of hydrogen-bond donors (Lipinski definition) is 1. The molecule has 2 aromatic rings. The zero-order chi connectivity index (χ0) is 19.3. The molecule has 2 heterocycles. The van der Waals surface area contributed by atoms with Crippen LogP contribution < -0.4 is 10.1 Å². The molecule has 7 nitrogen and oxygen atoms in total. The van der Waals surface area contributed by atoms with Gasteiger partial charge in [-0.3, -0.25) is 9.78 Å². The highest BCUT2D eigenvalue weighted by molar-refractivity contribution is 7.89. The van der Waals surface area contributed by atoms with Crippen molar-refractivity contribution in [3.8, 4) is 5.75 Å². The van der Waals surface area contributed by atoms with E-state index in [1.54, 1.807) is 42.7 Å². The zero-order valence-corrected chi connectivity index (χ0v) is 16.0. The summed E-state index contributed by atoms with van der Waals surface area (Å²) in [6.45, 7) is 1.11. The number of nitrogens with one attached hydrogen (secondary N) is 1. The molecule has 0 aliphatic carbocycles. The number of ether oxygens (including phenoxy) is 1. The van der Waals surface area contributed by atoms with Crippen LogP contribution in [0.1, 0.15) is 24.8 Å². The van der Waals surface area contributed by atoms with Gasteiger partial charge in [0.15, 0.2) is 0 Å². The second kappa shape index (κ2) is 8.49. The van der Waals surface area contributed by atoms with E-state index >= 15 is 0 Å². The Morgan fingerprint density at radius 3 is 2.70 bits per heavy atom. The van der Waals surface area contributed by atoms with Gasteiger partial charge in [0.05, 0.1) is 23.9 Å². The molecule has 3 rings (SSSR count). The van der Waals surface area contributed by atoms with E-state index in [-0.39, 0.29) is 17.2 Å². The second-order valence-electron chi connectivity index (χ2n) is 6.37. The van der Waals surface area contributed by atoms with Crippen LogP contribution in [0.4, 0.5) is 5.69 Å². The predicted octanol–water partition coefficient (Wildman–Crippen LogP) is 2.45. The van der Waals surface area contributed by atoms with Gasteiger partial charge >= 0.3 is 0 Å². The van der Waals surface area contributed by atoms with Crippen molar-refractivity contribution in [3.63, 3.8) is 0 Å². The van der Waals surface area contributed by atoms with Gasteiger partial charge < -0.3 is 10.1 Å². The number of anilines is 1. The molecule has 1 N–H and O–H groups in total. The summed E-state index contributed by atoms with van der Waals surface area (Å²) < 4.78 is 32.4. The van der Waals surface area contributed by atoms with Crippen molar-refractivity contribution in [2.75, 3.05) is 25.5 Å². The van der Waals surface area contributed by atoms with Gasteiger partial charge in [-0.1, -0.05) is 0 Å². The highest BCUT2D eigenvalue weighted by Gasteiger charge is 2.27. The number of aryl methyl sites for hydroxylation is 1. The number of methoxy groups -OCH3 is 1. The maximum atomic E-state index is 12.8. The number of pyridine rings is 1. The van der Waals surface area contributed by atoms with Crippen molar-refractivity contribution in [3.05, 3.63) is 48.3 Å². The second-order valence-corrected chi connectivity index (χ2v) is 8.31. The molecular formula is C19H23N3O4S. The van der Waals surface area contributed by atoms with E-state index in [0.717, 1.165) is 12.8 Å². The predicted molar refractivity (Wildman–Crippen MR) is 102 cm³/mol. The van der Waals surface area contributed by atoms with Crippen LogP contribution in [0.3, 0.4) is 0 Å². The zero-order valence-electron chi connectivity index (χ0n) is 15.2. The molecule has 1 aromatic heterocycles. The van der Waals surface area contributed by atoms with Crippen LogP contribution >= 0.6 is 0 Å². The summed E-state index contributed by atoms with van der Waals surface area (Å²) in [6, 6.07) is 8.33. The van der Waals surface area contributed by atoms with Gasteiger partial charge in [0.1, 0.15) is 5.75 Å². The van der Waals surface area contributed by atoms with Crippen LogP contribution in [0.25, 0.3) is 0 Å². The van der Waals surface area contributed by atoms with E-state index in [0.29, 0.717) is 36.5 Å². The van der Waals surface area contributed by atoms with Crippen LogP contribution in [0, 0.1) is 0 Å². The summed E-state index contributed by atoms with van der Waals surface area (Å²) in [5.41, 5.74) is 1.32. The lowest BCUT2D eigenvalue weighted by molar-refractivity contribution is -0.116. The third kappa shape index (κ3) is 4.64. The Bertz CT molecular complexity index is 894. The first kappa shape index (κ1) is 19.3. The number of carbonyl (C=O) groups is 1. The minimum atomic E-state index is -3.50. The summed E-state index contributed by atoms with van der Waals surface area (Å²) in [5.74, 6) is 0.405. The van der Waals surface area contributed by atoms with Crippen LogP contribution in [-0.4, -0.2) is 43.8 Å². The molecule has 1 fully saturated rings. The van der Waals surface area contributed by atoms with Gasteiger partial charge in [0, 0.05) is 25.7 Å². The average molecular weight is 389 g/mol. The SMILES string of the molecule is COc1ccc(S(=O)(=O)N2CCCC2)cc1CCC(=O)Nc1cccnc1. The molecule has 1 amide bonds. The van der Waals surface area contributed by atoms with E-state index in [9.17, 15) is 13.2 Å². The largest absolute Gasteiger partial charge is 0.496 e. The van der Waals surface area contributed by atoms with E-state index in [4.69, 9.17) is 4.74 Å². The molecule has 1 aliphatic heterocycles. The van der Waals surface area contributed by atoms with Gasteiger partial charge in [-0.05, 0) is 55.2 Å². The highest BCUT2D eigenvalue weighted by Crippen LogP contribution is 2.27. The Kier molecular flexibility index (Phi) is 6.08. The quantitative estimate of drug-likeness (QED) is 0.786. The van der Waals surface area contributed by atoms with Crippen molar-refractivity contribution in [2.24, 2.45) is 0 Å². The van der Waals surface area contributed by atoms with Crippen molar-refractivity contribution in [1.82, 2.24) is 9.29 Å². The Balaban J connectivity index is 1.73. The molecule has 144 valence electrons. The van der Waals surface area contributed by atoms with Crippen LogP contribution in [0.2, 0.25) is 0 Å². The lowest BCUT2D eigenvalue weighted by atomic mass is 10.1. The van der Waals surface area contributed by atoms with Crippen molar-refractivity contribution in [1.29, 1.82) is 0 Å². The normalized spacial score (nSPS) is 14.9. The Labute approximate surface area is 159 Å². The lowest BCUT2D eigenvalue weighted by Crippen LogP contribution is -2.28. The summed E-state index contributed by atoms with van der Waals surface area (Å²) in [7, 11) is -1.97. The van der Waals surface area contributed by atoms with Crippen molar-refractivity contribution in [2.45, 2.75) is 30.6 Å². The number of amides is 1. The maximum absolute atomic E-state index is 12.8. The Hall–Kier alpha value is -2.45. The standard InChI is InChI=1S/C19H23N3O4S/c1-26-18-8-7-17(27(24,25)22-11-2-3-12-22)13-15(18)6-9-19(23)21-16-5-4-10-20-14-16/h4-5,7-8,10,13-14H,2-3,6,9,11-12H2,1H3,(H,21,23). The van der Waals surface area contributed by atoms with Crippen LogP contribution in [0.15, 0.2) is 47.6 Å². The molecule has 0 spiro atoms. The van der Waals surface area contributed by atoms with E-state index in [1.165, 1.54) is 11.4 Å². The summed E-state index contributed by atoms with van der Waals surface area (Å²) in [5, 5.41) is 2.77. The number of rotatable bonds is 7. The van der Waals surface area contributed by atoms with Crippen LogP contribution in [-0.2, 0) is 21.2 Å². The topological polar surface area (TPSA) is 88.6 Å².